The number of nitrogens with two attached hydrogens (primary N) is 1. The summed E-state index contributed by atoms with van der Waals surface area (Å²) in [5.74, 6) is -0.620. The second-order valence-corrected chi connectivity index (χ2v) is 6.81. The molecule has 2 heterocycles. The number of carbonyl (C=O) groups is 2. The fourth-order valence-electron chi connectivity index (χ4n) is 2.85. The summed E-state index contributed by atoms with van der Waals surface area (Å²) in [6.45, 7) is 1.96. The number of anilines is 1. The van der Waals surface area contributed by atoms with Crippen molar-refractivity contribution in [2.45, 2.75) is 13.5 Å². The molecule has 2 aromatic heterocycles. The number of nitrogen functional groups attached to an aromatic ring is 1. The largest absolute Gasteiger partial charge is 0.396 e. The van der Waals surface area contributed by atoms with Crippen molar-refractivity contribution < 1.29 is 14.0 Å². The highest BCUT2D eigenvalue weighted by molar-refractivity contribution is 6.05. The Kier molecular flexibility index (Phi) is 6.88. The molecule has 0 bridgehead atoms. The topological polar surface area (TPSA) is 138 Å². The van der Waals surface area contributed by atoms with Crippen LogP contribution >= 0.6 is 0 Å². The van der Waals surface area contributed by atoms with Gasteiger partial charge < -0.3 is 16.0 Å². The third kappa shape index (κ3) is 5.12. The Bertz CT molecular complexity index is 1310. The fourth-order valence-corrected chi connectivity index (χ4v) is 2.85. The number of benzene rings is 2. The van der Waals surface area contributed by atoms with Gasteiger partial charge in [0.05, 0.1) is 22.8 Å². The number of hydrogen-bond donors (Lipinski definition) is 3. The van der Waals surface area contributed by atoms with Crippen LogP contribution in [0.2, 0.25) is 0 Å². The highest BCUT2D eigenvalue weighted by atomic mass is 19.1. The molecule has 160 valence electrons. The Morgan fingerprint density at radius 1 is 1.25 bits per heavy atom. The average Bonchev–Trinajstić information content (AvgIpc) is 3.21. The van der Waals surface area contributed by atoms with Gasteiger partial charge in [0, 0.05) is 18.3 Å². The van der Waals surface area contributed by atoms with Gasteiger partial charge in [-0.2, -0.15) is 5.26 Å². The van der Waals surface area contributed by atoms with E-state index >= 15 is 0 Å². The maximum atomic E-state index is 13.2. The Morgan fingerprint density at radius 2 is 2.00 bits per heavy atom. The van der Waals surface area contributed by atoms with E-state index in [0.29, 0.717) is 33.4 Å². The number of hydrogen-bond acceptors (Lipinski definition) is 6. The SMILES string of the molecule is Cc1cc(CNC(=O)c2ncnc3c(N)c[nH]c23)ccc1F.N#Cc1ccc(C=O)cc1. The van der Waals surface area contributed by atoms with E-state index in [4.69, 9.17) is 11.0 Å². The molecule has 9 heteroatoms. The maximum Gasteiger partial charge on any atom is 0.272 e. The second kappa shape index (κ2) is 9.95. The minimum atomic E-state index is -0.351. The molecule has 1 amide bonds. The van der Waals surface area contributed by atoms with Crippen LogP contribution in [-0.2, 0) is 6.54 Å². The van der Waals surface area contributed by atoms with Crippen LogP contribution in [0.5, 0.6) is 0 Å². The lowest BCUT2D eigenvalue weighted by atomic mass is 10.1. The number of H-pyrrole nitrogens is 1. The molecule has 0 aliphatic carbocycles. The molecule has 0 radical (unpaired) electrons. The highest BCUT2D eigenvalue weighted by Gasteiger charge is 2.15. The minimum Gasteiger partial charge on any atom is -0.396 e. The van der Waals surface area contributed by atoms with Crippen molar-refractivity contribution in [2.24, 2.45) is 0 Å². The van der Waals surface area contributed by atoms with Crippen molar-refractivity contribution in [2.75, 3.05) is 5.73 Å². The van der Waals surface area contributed by atoms with Gasteiger partial charge in [0.15, 0.2) is 5.69 Å². The molecule has 4 rings (SSSR count). The van der Waals surface area contributed by atoms with E-state index in [1.165, 1.54) is 12.4 Å². The lowest BCUT2D eigenvalue weighted by Gasteiger charge is -2.07. The Morgan fingerprint density at radius 3 is 2.66 bits per heavy atom. The van der Waals surface area contributed by atoms with Crippen molar-refractivity contribution in [3.05, 3.63) is 88.8 Å². The van der Waals surface area contributed by atoms with Crippen LogP contribution in [0.1, 0.15) is 37.5 Å². The Hall–Kier alpha value is -4.58. The first kappa shape index (κ1) is 22.1. The number of fused-ring (bicyclic) bond motifs is 1. The van der Waals surface area contributed by atoms with Crippen molar-refractivity contribution in [1.82, 2.24) is 20.3 Å². The predicted molar refractivity (Wildman–Crippen MR) is 117 cm³/mol. The van der Waals surface area contributed by atoms with E-state index in [1.807, 2.05) is 6.07 Å². The molecule has 0 aliphatic heterocycles. The number of nitriles is 1. The van der Waals surface area contributed by atoms with Gasteiger partial charge in [-0.3, -0.25) is 9.59 Å². The van der Waals surface area contributed by atoms with Crippen LogP contribution in [0, 0.1) is 24.1 Å². The quantitative estimate of drug-likeness (QED) is 0.425. The molecule has 0 saturated carbocycles. The molecule has 4 aromatic rings. The Labute approximate surface area is 182 Å². The number of aromatic amines is 1. The summed E-state index contributed by atoms with van der Waals surface area (Å²) in [6.07, 6.45) is 3.62. The number of amides is 1. The summed E-state index contributed by atoms with van der Waals surface area (Å²) >= 11 is 0. The number of nitrogens with one attached hydrogen (secondary N) is 2. The maximum absolute atomic E-state index is 13.2. The standard InChI is InChI=1S/C15H14FN5O.C8H5NO/c1-8-4-9(2-3-10(8)16)5-19-15(22)14-13-12(20-7-21-14)11(17)6-18-13;9-5-7-1-3-8(6-10)4-2-7/h2-4,6-7,18H,5,17H2,1H3,(H,19,22);1-4,6H. The number of nitrogens with zero attached hydrogens (tertiary/aromatic N) is 3. The molecule has 32 heavy (non-hydrogen) atoms. The lowest BCUT2D eigenvalue weighted by molar-refractivity contribution is 0.0947. The molecular formula is C23H19FN6O2. The molecule has 0 fully saturated rings. The minimum absolute atomic E-state index is 0.223. The van der Waals surface area contributed by atoms with Crippen molar-refractivity contribution in [1.29, 1.82) is 5.26 Å². The summed E-state index contributed by atoms with van der Waals surface area (Å²) < 4.78 is 13.2. The second-order valence-electron chi connectivity index (χ2n) is 6.81. The monoisotopic (exact) mass is 430 g/mol. The van der Waals surface area contributed by atoms with E-state index < -0.39 is 0 Å². The van der Waals surface area contributed by atoms with Gasteiger partial charge in [0.2, 0.25) is 0 Å². The van der Waals surface area contributed by atoms with Crippen LogP contribution in [-0.4, -0.2) is 27.1 Å². The van der Waals surface area contributed by atoms with Crippen molar-refractivity contribution in [3.63, 3.8) is 0 Å². The summed E-state index contributed by atoms with van der Waals surface area (Å²) in [7, 11) is 0. The third-order valence-electron chi connectivity index (χ3n) is 4.56. The van der Waals surface area contributed by atoms with Crippen molar-refractivity contribution >= 4 is 28.9 Å². The summed E-state index contributed by atoms with van der Waals surface area (Å²) in [5.41, 5.74) is 9.95. The zero-order valence-corrected chi connectivity index (χ0v) is 17.1. The summed E-state index contributed by atoms with van der Waals surface area (Å²) in [4.78, 5) is 33.3. The van der Waals surface area contributed by atoms with Gasteiger partial charge in [-0.05, 0) is 36.2 Å². The normalized spacial score (nSPS) is 10.0. The molecule has 8 nitrogen and oxygen atoms in total. The predicted octanol–water partition coefficient (Wildman–Crippen LogP) is 3.29. The molecule has 0 atom stereocenters. The molecule has 0 spiro atoms. The zero-order valence-electron chi connectivity index (χ0n) is 17.1. The van der Waals surface area contributed by atoms with Crippen LogP contribution in [0.4, 0.5) is 10.1 Å². The fraction of sp³-hybridized carbons (Fsp3) is 0.0870. The van der Waals surface area contributed by atoms with E-state index in [-0.39, 0.29) is 24.0 Å². The first-order valence-electron chi connectivity index (χ1n) is 9.49. The van der Waals surface area contributed by atoms with Crippen LogP contribution < -0.4 is 11.1 Å². The van der Waals surface area contributed by atoms with Crippen LogP contribution in [0.25, 0.3) is 11.0 Å². The van der Waals surface area contributed by atoms with Gasteiger partial charge in [-0.1, -0.05) is 24.3 Å². The van der Waals surface area contributed by atoms with E-state index in [0.717, 1.165) is 11.8 Å². The number of aryl methyl sites for hydroxylation is 1. The van der Waals surface area contributed by atoms with E-state index in [1.54, 1.807) is 49.5 Å². The average molecular weight is 430 g/mol. The van der Waals surface area contributed by atoms with Gasteiger partial charge in [-0.15, -0.1) is 0 Å². The molecular weight excluding hydrogens is 411 g/mol. The van der Waals surface area contributed by atoms with Crippen molar-refractivity contribution in [3.8, 4) is 6.07 Å². The van der Waals surface area contributed by atoms with Gasteiger partial charge >= 0.3 is 0 Å². The first-order chi connectivity index (χ1) is 15.4. The van der Waals surface area contributed by atoms with Crippen LogP contribution in [0.3, 0.4) is 0 Å². The van der Waals surface area contributed by atoms with Gasteiger partial charge in [-0.25, -0.2) is 14.4 Å². The number of rotatable bonds is 4. The first-order valence-corrected chi connectivity index (χ1v) is 9.49. The van der Waals surface area contributed by atoms with Gasteiger partial charge in [0.25, 0.3) is 5.91 Å². The van der Waals surface area contributed by atoms with E-state index in [2.05, 4.69) is 20.3 Å². The van der Waals surface area contributed by atoms with Gasteiger partial charge in [0.1, 0.15) is 23.9 Å². The molecule has 4 N–H and O–H groups in total. The highest BCUT2D eigenvalue weighted by Crippen LogP contribution is 2.19. The molecule has 0 saturated heterocycles. The zero-order chi connectivity index (χ0) is 23.1. The van der Waals surface area contributed by atoms with E-state index in [9.17, 15) is 14.0 Å². The number of halogens is 1. The number of aromatic nitrogens is 3. The number of aldehydes is 1. The molecule has 2 aromatic carbocycles. The third-order valence-corrected chi connectivity index (χ3v) is 4.56. The summed E-state index contributed by atoms with van der Waals surface area (Å²) in [5, 5.41) is 11.1. The molecule has 0 unspecified atom stereocenters. The smallest absolute Gasteiger partial charge is 0.272 e. The Balaban J connectivity index is 0.000000243. The lowest BCUT2D eigenvalue weighted by Crippen LogP contribution is -2.24. The summed E-state index contributed by atoms with van der Waals surface area (Å²) in [6, 6.07) is 13.1. The van der Waals surface area contributed by atoms with Crippen LogP contribution in [0.15, 0.2) is 55.0 Å². The molecule has 0 aliphatic rings. The number of carbonyl (C=O) groups excluding carboxylic acids is 2.